The highest BCUT2D eigenvalue weighted by atomic mass is 79.9. The molecule has 5 heteroatoms. The Morgan fingerprint density at radius 3 is 2.56 bits per heavy atom. The van der Waals surface area contributed by atoms with Crippen LogP contribution in [0.3, 0.4) is 0 Å². The maximum absolute atomic E-state index is 6.29. The van der Waals surface area contributed by atoms with Crippen LogP contribution in [0.2, 0.25) is 10.0 Å². The van der Waals surface area contributed by atoms with Crippen molar-refractivity contribution in [1.82, 2.24) is 0 Å². The minimum absolute atomic E-state index is 0.206. The predicted octanol–water partition coefficient (Wildman–Crippen LogP) is 4.86. The van der Waals surface area contributed by atoms with Gasteiger partial charge in [-0.3, -0.25) is 0 Å². The molecule has 100 valence electrons. The summed E-state index contributed by atoms with van der Waals surface area (Å²) in [5.74, 6) is 1.14. The van der Waals surface area contributed by atoms with E-state index in [0.717, 1.165) is 31.6 Å². The molecule has 0 radical (unpaired) electrons. The number of methoxy groups -OCH3 is 1. The second kappa shape index (κ2) is 6.47. The van der Waals surface area contributed by atoms with Gasteiger partial charge < -0.3 is 9.47 Å². The molecule has 1 aliphatic heterocycles. The van der Waals surface area contributed by atoms with Gasteiger partial charge in [-0.15, -0.1) is 0 Å². The van der Waals surface area contributed by atoms with E-state index in [9.17, 15) is 0 Å². The van der Waals surface area contributed by atoms with Gasteiger partial charge >= 0.3 is 0 Å². The molecule has 1 aliphatic rings. The zero-order valence-corrected chi connectivity index (χ0v) is 13.2. The van der Waals surface area contributed by atoms with Crippen molar-refractivity contribution < 1.29 is 9.47 Å². The minimum atomic E-state index is 0.206. The van der Waals surface area contributed by atoms with Crippen molar-refractivity contribution in [3.05, 3.63) is 27.7 Å². The van der Waals surface area contributed by atoms with Crippen molar-refractivity contribution in [2.75, 3.05) is 20.3 Å². The van der Waals surface area contributed by atoms with Crippen LogP contribution in [0.4, 0.5) is 0 Å². The number of hydrogen-bond donors (Lipinski definition) is 0. The van der Waals surface area contributed by atoms with Crippen LogP contribution in [0.25, 0.3) is 0 Å². The molecule has 18 heavy (non-hydrogen) atoms. The van der Waals surface area contributed by atoms with Gasteiger partial charge in [0.25, 0.3) is 0 Å². The summed E-state index contributed by atoms with van der Waals surface area (Å²) in [6.45, 7) is 1.63. The van der Waals surface area contributed by atoms with Crippen molar-refractivity contribution in [1.29, 1.82) is 0 Å². The minimum Gasteiger partial charge on any atom is -0.495 e. The molecule has 0 aromatic heterocycles. The highest BCUT2D eigenvalue weighted by Crippen LogP contribution is 2.43. The third-order valence-corrected chi connectivity index (χ3v) is 5.11. The summed E-state index contributed by atoms with van der Waals surface area (Å²) >= 11 is 16.2. The van der Waals surface area contributed by atoms with Crippen LogP contribution in [0.15, 0.2) is 12.1 Å². The Kier molecular flexibility index (Phi) is 5.19. The van der Waals surface area contributed by atoms with Gasteiger partial charge in [-0.05, 0) is 30.4 Å². The highest BCUT2D eigenvalue weighted by molar-refractivity contribution is 9.09. The molecule has 1 heterocycles. The summed E-state index contributed by atoms with van der Waals surface area (Å²) in [6, 6.07) is 3.66. The van der Waals surface area contributed by atoms with Crippen molar-refractivity contribution in [3.63, 3.8) is 0 Å². The topological polar surface area (TPSA) is 18.5 Å². The molecule has 2 nitrogen and oxygen atoms in total. The van der Waals surface area contributed by atoms with Crippen molar-refractivity contribution in [3.8, 4) is 5.75 Å². The van der Waals surface area contributed by atoms with Gasteiger partial charge in [0.2, 0.25) is 0 Å². The summed E-state index contributed by atoms with van der Waals surface area (Å²) in [4.78, 5) is 0.206. The fraction of sp³-hybridized carbons (Fsp3) is 0.538. The first-order valence-electron chi connectivity index (χ1n) is 5.88. The Morgan fingerprint density at radius 1 is 1.28 bits per heavy atom. The third kappa shape index (κ3) is 3.13. The third-order valence-electron chi connectivity index (χ3n) is 3.25. The maximum Gasteiger partial charge on any atom is 0.138 e. The zero-order chi connectivity index (χ0) is 13.1. The Hall–Kier alpha value is 0.0400. The van der Waals surface area contributed by atoms with Gasteiger partial charge in [0, 0.05) is 29.1 Å². The molecule has 1 atom stereocenters. The Balaban J connectivity index is 2.23. The molecule has 0 saturated carbocycles. The summed E-state index contributed by atoms with van der Waals surface area (Å²) < 4.78 is 10.5. The normalized spacial score (nSPS) is 18.7. The molecule has 1 fully saturated rings. The summed E-state index contributed by atoms with van der Waals surface area (Å²) in [6.07, 6.45) is 2.08. The lowest BCUT2D eigenvalue weighted by atomic mass is 9.92. The smallest absolute Gasteiger partial charge is 0.138 e. The number of ether oxygens (including phenoxy) is 2. The zero-order valence-electron chi connectivity index (χ0n) is 10.1. The lowest BCUT2D eigenvalue weighted by molar-refractivity contribution is 0.0662. The van der Waals surface area contributed by atoms with Gasteiger partial charge in [0.05, 0.1) is 12.1 Å². The van der Waals surface area contributed by atoms with E-state index in [-0.39, 0.29) is 4.83 Å². The lowest BCUT2D eigenvalue weighted by Crippen LogP contribution is -2.19. The van der Waals surface area contributed by atoms with Crippen LogP contribution in [-0.2, 0) is 4.74 Å². The molecular weight excluding hydrogens is 339 g/mol. The first-order valence-corrected chi connectivity index (χ1v) is 7.55. The molecule has 0 aliphatic carbocycles. The highest BCUT2D eigenvalue weighted by Gasteiger charge is 2.25. The first-order chi connectivity index (χ1) is 8.63. The number of rotatable bonds is 3. The Bertz CT molecular complexity index is 420. The monoisotopic (exact) mass is 352 g/mol. The molecule has 0 amide bonds. The quantitative estimate of drug-likeness (QED) is 0.722. The van der Waals surface area contributed by atoms with Crippen LogP contribution in [0, 0.1) is 5.92 Å². The largest absolute Gasteiger partial charge is 0.495 e. The fourth-order valence-corrected chi connectivity index (χ4v) is 3.73. The first kappa shape index (κ1) is 14.4. The average Bonchev–Trinajstić information content (AvgIpc) is 2.41. The molecule has 1 unspecified atom stereocenters. The summed E-state index contributed by atoms with van der Waals surface area (Å²) in [5.41, 5.74) is 1.02. The van der Waals surface area contributed by atoms with Gasteiger partial charge in [-0.2, -0.15) is 0 Å². The van der Waals surface area contributed by atoms with Crippen LogP contribution in [-0.4, -0.2) is 20.3 Å². The van der Waals surface area contributed by atoms with Gasteiger partial charge in [-0.1, -0.05) is 39.1 Å². The van der Waals surface area contributed by atoms with Gasteiger partial charge in [0.15, 0.2) is 0 Å². The maximum atomic E-state index is 6.29. The van der Waals surface area contributed by atoms with E-state index in [2.05, 4.69) is 15.9 Å². The molecule has 1 aromatic rings. The SMILES string of the molecule is COc1cc(Cl)c(C(Br)C2CCOCC2)cc1Cl. The van der Waals surface area contributed by atoms with Crippen molar-refractivity contribution in [2.45, 2.75) is 17.7 Å². The molecule has 0 spiro atoms. The second-order valence-corrected chi connectivity index (χ2v) is 6.16. The molecule has 0 N–H and O–H groups in total. The lowest BCUT2D eigenvalue weighted by Gasteiger charge is -2.27. The second-order valence-electron chi connectivity index (χ2n) is 4.36. The number of halogens is 3. The van der Waals surface area contributed by atoms with Crippen molar-refractivity contribution in [2.24, 2.45) is 5.92 Å². The van der Waals surface area contributed by atoms with E-state index >= 15 is 0 Å². The Labute approximate surface area is 126 Å². The molecular formula is C13H15BrCl2O2. The van der Waals surface area contributed by atoms with Crippen LogP contribution >= 0.6 is 39.1 Å². The van der Waals surface area contributed by atoms with Gasteiger partial charge in [-0.25, -0.2) is 0 Å². The van der Waals surface area contributed by atoms with E-state index < -0.39 is 0 Å². The summed E-state index contributed by atoms with van der Waals surface area (Å²) in [7, 11) is 1.58. The standard InChI is InChI=1S/C13H15BrCl2O2/c1-17-12-7-10(15)9(6-11(12)16)13(14)8-2-4-18-5-3-8/h6-8,13H,2-5H2,1H3. The number of alkyl halides is 1. The number of hydrogen-bond acceptors (Lipinski definition) is 2. The van der Waals surface area contributed by atoms with Crippen LogP contribution in [0.1, 0.15) is 23.2 Å². The van der Waals surface area contributed by atoms with Gasteiger partial charge in [0.1, 0.15) is 5.75 Å². The van der Waals surface area contributed by atoms with E-state index in [1.54, 1.807) is 13.2 Å². The molecule has 1 saturated heterocycles. The van der Waals surface area contributed by atoms with E-state index in [1.807, 2.05) is 6.07 Å². The van der Waals surface area contributed by atoms with Crippen LogP contribution < -0.4 is 4.74 Å². The molecule has 1 aromatic carbocycles. The average molecular weight is 354 g/mol. The van der Waals surface area contributed by atoms with Crippen molar-refractivity contribution >= 4 is 39.1 Å². The van der Waals surface area contributed by atoms with E-state index in [4.69, 9.17) is 32.7 Å². The Morgan fingerprint density at radius 2 is 1.94 bits per heavy atom. The van der Waals surface area contributed by atoms with Crippen LogP contribution in [0.5, 0.6) is 5.75 Å². The predicted molar refractivity (Wildman–Crippen MR) is 78.2 cm³/mol. The molecule has 2 rings (SSSR count). The van der Waals surface area contributed by atoms with E-state index in [0.29, 0.717) is 21.7 Å². The fourth-order valence-electron chi connectivity index (χ4n) is 2.17. The van der Waals surface area contributed by atoms with E-state index in [1.165, 1.54) is 0 Å². The summed E-state index contributed by atoms with van der Waals surface area (Å²) in [5, 5.41) is 1.28. The number of benzene rings is 1. The molecule has 0 bridgehead atoms.